The van der Waals surface area contributed by atoms with E-state index in [2.05, 4.69) is 35.5 Å². The number of anilines is 1. The molecular formula is C26H22N8O2. The van der Waals surface area contributed by atoms with Crippen molar-refractivity contribution in [2.45, 2.75) is 20.8 Å². The third kappa shape index (κ3) is 3.78. The van der Waals surface area contributed by atoms with Crippen molar-refractivity contribution >= 4 is 33.5 Å². The van der Waals surface area contributed by atoms with Crippen molar-refractivity contribution < 1.29 is 9.21 Å². The van der Waals surface area contributed by atoms with Crippen molar-refractivity contribution in [1.29, 1.82) is 0 Å². The molecule has 3 N–H and O–H groups in total. The van der Waals surface area contributed by atoms with E-state index in [1.807, 2.05) is 45.0 Å². The Morgan fingerprint density at radius 2 is 1.89 bits per heavy atom. The van der Waals surface area contributed by atoms with Gasteiger partial charge in [0.25, 0.3) is 0 Å². The van der Waals surface area contributed by atoms with Crippen LogP contribution in [-0.2, 0) is 4.79 Å². The second-order valence-electron chi connectivity index (χ2n) is 9.51. The predicted octanol–water partition coefficient (Wildman–Crippen LogP) is 5.20. The number of imidazole rings is 1. The number of H-pyrrole nitrogens is 2. The Kier molecular flexibility index (Phi) is 4.89. The Hall–Kier alpha value is -4.86. The lowest BCUT2D eigenvalue weighted by Crippen LogP contribution is -2.27. The van der Waals surface area contributed by atoms with Gasteiger partial charge in [0.2, 0.25) is 5.91 Å². The number of rotatable bonds is 4. The number of carbonyl (C=O) groups excluding carboxylic acids is 1. The van der Waals surface area contributed by atoms with Crippen molar-refractivity contribution in [3.8, 4) is 34.0 Å². The summed E-state index contributed by atoms with van der Waals surface area (Å²) < 4.78 is 5.23. The average molecular weight is 479 g/mol. The molecule has 0 aliphatic carbocycles. The van der Waals surface area contributed by atoms with Crippen molar-refractivity contribution in [2.24, 2.45) is 5.41 Å². The predicted molar refractivity (Wildman–Crippen MR) is 136 cm³/mol. The molecule has 0 saturated heterocycles. The Balaban J connectivity index is 1.40. The fraction of sp³-hybridized carbons (Fsp3) is 0.154. The molecule has 6 heterocycles. The number of nitrogens with one attached hydrogen (secondary N) is 3. The van der Waals surface area contributed by atoms with Crippen molar-refractivity contribution in [3.05, 3.63) is 61.6 Å². The number of hydrogen-bond acceptors (Lipinski definition) is 7. The first-order chi connectivity index (χ1) is 17.4. The minimum absolute atomic E-state index is 0.0869. The van der Waals surface area contributed by atoms with Crippen LogP contribution >= 0.6 is 0 Å². The second-order valence-corrected chi connectivity index (χ2v) is 9.51. The smallest absolute Gasteiger partial charge is 0.229 e. The van der Waals surface area contributed by atoms with Crippen molar-refractivity contribution in [1.82, 2.24) is 35.1 Å². The number of aromatic amines is 2. The minimum Gasteiger partial charge on any atom is -0.472 e. The third-order valence-corrected chi connectivity index (χ3v) is 5.84. The Morgan fingerprint density at radius 3 is 2.69 bits per heavy atom. The summed E-state index contributed by atoms with van der Waals surface area (Å²) in [4.78, 5) is 33.9. The first-order valence-electron chi connectivity index (χ1n) is 11.4. The van der Waals surface area contributed by atoms with E-state index in [0.29, 0.717) is 22.9 Å². The topological polar surface area (TPSA) is 138 Å². The SMILES string of the molecule is CC(C)(C)C(=O)Nc1cncc(-c2cc3c(-c4nc5c(-c6ccoc6)nccc5[nH]4)n[nH]c3cn2)c1. The summed E-state index contributed by atoms with van der Waals surface area (Å²) in [6.45, 7) is 5.59. The maximum Gasteiger partial charge on any atom is 0.229 e. The molecule has 0 bridgehead atoms. The van der Waals surface area contributed by atoms with E-state index in [9.17, 15) is 4.79 Å². The fourth-order valence-corrected chi connectivity index (χ4v) is 3.88. The normalized spacial score (nSPS) is 11.9. The van der Waals surface area contributed by atoms with E-state index in [1.165, 1.54) is 0 Å². The van der Waals surface area contributed by atoms with Crippen LogP contribution in [0.1, 0.15) is 20.8 Å². The quantitative estimate of drug-likeness (QED) is 0.316. The van der Waals surface area contributed by atoms with Gasteiger partial charge in [0.15, 0.2) is 5.82 Å². The zero-order chi connectivity index (χ0) is 24.9. The first kappa shape index (κ1) is 21.7. The van der Waals surface area contributed by atoms with Crippen LogP contribution in [0.5, 0.6) is 0 Å². The number of amides is 1. The lowest BCUT2D eigenvalue weighted by Gasteiger charge is -2.17. The molecule has 10 nitrogen and oxygen atoms in total. The van der Waals surface area contributed by atoms with Gasteiger partial charge in [-0.05, 0) is 24.3 Å². The van der Waals surface area contributed by atoms with Gasteiger partial charge in [-0.3, -0.25) is 24.8 Å². The van der Waals surface area contributed by atoms with Gasteiger partial charge >= 0.3 is 0 Å². The summed E-state index contributed by atoms with van der Waals surface area (Å²) in [5.41, 5.74) is 6.14. The van der Waals surface area contributed by atoms with Gasteiger partial charge in [0.1, 0.15) is 16.9 Å². The van der Waals surface area contributed by atoms with Crippen LogP contribution in [0.3, 0.4) is 0 Å². The summed E-state index contributed by atoms with van der Waals surface area (Å²) in [6, 6.07) is 7.52. The molecule has 0 aliphatic rings. The molecule has 0 aromatic carbocycles. The molecular weight excluding hydrogens is 456 g/mol. The van der Waals surface area contributed by atoms with Gasteiger partial charge in [-0.25, -0.2) is 4.98 Å². The van der Waals surface area contributed by atoms with Crippen molar-refractivity contribution in [3.63, 3.8) is 0 Å². The lowest BCUT2D eigenvalue weighted by molar-refractivity contribution is -0.123. The maximum absolute atomic E-state index is 12.4. The first-order valence-corrected chi connectivity index (χ1v) is 11.4. The van der Waals surface area contributed by atoms with Gasteiger partial charge < -0.3 is 14.7 Å². The van der Waals surface area contributed by atoms with Crippen LogP contribution < -0.4 is 5.32 Å². The maximum atomic E-state index is 12.4. The summed E-state index contributed by atoms with van der Waals surface area (Å²) >= 11 is 0. The van der Waals surface area contributed by atoms with Gasteiger partial charge in [0.05, 0.1) is 47.3 Å². The van der Waals surface area contributed by atoms with E-state index in [1.54, 1.807) is 37.3 Å². The molecule has 178 valence electrons. The highest BCUT2D eigenvalue weighted by Crippen LogP contribution is 2.32. The number of hydrogen-bond donors (Lipinski definition) is 3. The van der Waals surface area contributed by atoms with Crippen LogP contribution in [0, 0.1) is 5.41 Å². The minimum atomic E-state index is -0.515. The molecule has 0 spiro atoms. The highest BCUT2D eigenvalue weighted by molar-refractivity contribution is 5.97. The molecule has 6 aromatic rings. The molecule has 0 fully saturated rings. The fourth-order valence-electron chi connectivity index (χ4n) is 3.88. The van der Waals surface area contributed by atoms with Gasteiger partial charge in [-0.1, -0.05) is 20.8 Å². The number of pyridine rings is 3. The van der Waals surface area contributed by atoms with E-state index >= 15 is 0 Å². The Labute approximate surface area is 205 Å². The highest BCUT2D eigenvalue weighted by Gasteiger charge is 2.22. The van der Waals surface area contributed by atoms with E-state index < -0.39 is 5.41 Å². The highest BCUT2D eigenvalue weighted by atomic mass is 16.3. The number of nitrogens with zero attached hydrogens (tertiary/aromatic N) is 5. The van der Waals surface area contributed by atoms with E-state index in [4.69, 9.17) is 9.40 Å². The Bertz CT molecular complexity index is 1720. The van der Waals surface area contributed by atoms with E-state index in [0.717, 1.165) is 38.8 Å². The molecule has 6 aromatic heterocycles. The molecule has 1 amide bonds. The molecule has 6 rings (SSSR count). The molecule has 0 saturated carbocycles. The number of carbonyl (C=O) groups is 1. The second kappa shape index (κ2) is 8.12. The lowest BCUT2D eigenvalue weighted by atomic mass is 9.95. The van der Waals surface area contributed by atoms with Gasteiger partial charge in [-0.15, -0.1) is 0 Å². The number of furan rings is 1. The summed E-state index contributed by atoms with van der Waals surface area (Å²) in [7, 11) is 0. The molecule has 0 aliphatic heterocycles. The number of fused-ring (bicyclic) bond motifs is 2. The molecule has 0 unspecified atom stereocenters. The summed E-state index contributed by atoms with van der Waals surface area (Å²) in [5, 5.41) is 11.3. The van der Waals surface area contributed by atoms with Crippen LogP contribution in [-0.4, -0.2) is 41.0 Å². The standard InChI is InChI=1S/C26H22N8O2/c1-26(2,3)25(35)30-16-8-15(10-27-11-16)19-9-17-20(12-29-19)33-34-22(17)24-31-18-4-6-28-21(23(18)32-24)14-5-7-36-13-14/h4-13H,1-3H3,(H,30,35)(H,31,32)(H,33,34). The third-order valence-electron chi connectivity index (χ3n) is 5.84. The zero-order valence-electron chi connectivity index (χ0n) is 19.8. The van der Waals surface area contributed by atoms with Crippen LogP contribution in [0.15, 0.2) is 66.0 Å². The monoisotopic (exact) mass is 478 g/mol. The summed E-state index contributed by atoms with van der Waals surface area (Å²) in [6.07, 6.45) is 10.0. The van der Waals surface area contributed by atoms with Crippen LogP contribution in [0.4, 0.5) is 5.69 Å². The van der Waals surface area contributed by atoms with Crippen LogP contribution in [0.2, 0.25) is 0 Å². The molecule has 10 heteroatoms. The van der Waals surface area contributed by atoms with Gasteiger partial charge in [0, 0.05) is 34.3 Å². The van der Waals surface area contributed by atoms with E-state index in [-0.39, 0.29) is 5.91 Å². The van der Waals surface area contributed by atoms with Crippen molar-refractivity contribution in [2.75, 3.05) is 5.32 Å². The zero-order valence-corrected chi connectivity index (χ0v) is 19.8. The number of aromatic nitrogens is 7. The molecule has 0 atom stereocenters. The Morgan fingerprint density at radius 1 is 1.00 bits per heavy atom. The largest absolute Gasteiger partial charge is 0.472 e. The molecule has 0 radical (unpaired) electrons. The van der Waals surface area contributed by atoms with Crippen LogP contribution in [0.25, 0.3) is 56.0 Å². The average Bonchev–Trinajstić information content (AvgIpc) is 3.62. The van der Waals surface area contributed by atoms with Gasteiger partial charge in [-0.2, -0.15) is 5.10 Å². The molecule has 36 heavy (non-hydrogen) atoms. The summed E-state index contributed by atoms with van der Waals surface area (Å²) in [5.74, 6) is 0.520.